The van der Waals surface area contributed by atoms with Gasteiger partial charge in [0.15, 0.2) is 5.96 Å². The van der Waals surface area contributed by atoms with Crippen molar-refractivity contribution < 1.29 is 0 Å². The van der Waals surface area contributed by atoms with Gasteiger partial charge in [-0.2, -0.15) is 0 Å². The second-order valence-corrected chi connectivity index (χ2v) is 8.49. The molecule has 6 nitrogen and oxygen atoms in total. The number of aromatic nitrogens is 1. The first-order chi connectivity index (χ1) is 11.9. The van der Waals surface area contributed by atoms with Crippen LogP contribution in [-0.4, -0.2) is 73.6 Å². The third kappa shape index (κ3) is 6.94. The van der Waals surface area contributed by atoms with E-state index in [-0.39, 0.29) is 24.0 Å². The number of guanidine groups is 1. The van der Waals surface area contributed by atoms with Crippen LogP contribution in [0.25, 0.3) is 0 Å². The molecule has 1 atom stereocenters. The van der Waals surface area contributed by atoms with E-state index in [2.05, 4.69) is 65.2 Å². The van der Waals surface area contributed by atoms with E-state index in [1.54, 1.807) is 11.3 Å². The molecule has 150 valence electrons. The minimum atomic E-state index is 0. The molecule has 1 saturated heterocycles. The van der Waals surface area contributed by atoms with Gasteiger partial charge in [-0.05, 0) is 26.8 Å². The Bertz CT molecular complexity index is 547. The SMILES string of the molecule is CN=C(NCc1nc(C)c(C)s1)NCC(C(C)C)N1CCN(C)CC1.I. The largest absolute Gasteiger partial charge is 0.355 e. The second-order valence-electron chi connectivity index (χ2n) is 7.21. The first kappa shape index (κ1) is 23.6. The standard InChI is InChI=1S/C18H34N6S.HI/c1-13(2)16(24-9-7-23(6)8-10-24)11-20-18(19-5)21-12-17-22-14(3)15(4)25-17;/h13,16H,7-12H2,1-6H3,(H2,19,20,21);1H. The lowest BCUT2D eigenvalue weighted by Gasteiger charge is -2.40. The molecule has 0 radical (unpaired) electrons. The van der Waals surface area contributed by atoms with Crippen LogP contribution in [0.3, 0.4) is 0 Å². The summed E-state index contributed by atoms with van der Waals surface area (Å²) < 4.78 is 0. The molecule has 1 aliphatic rings. The lowest BCUT2D eigenvalue weighted by Crippen LogP contribution is -2.55. The van der Waals surface area contributed by atoms with Crippen LogP contribution in [0.1, 0.15) is 29.4 Å². The maximum absolute atomic E-state index is 4.58. The summed E-state index contributed by atoms with van der Waals surface area (Å²) in [5.74, 6) is 1.46. The van der Waals surface area contributed by atoms with Gasteiger partial charge in [-0.15, -0.1) is 35.3 Å². The summed E-state index contributed by atoms with van der Waals surface area (Å²) in [4.78, 5) is 15.2. The minimum absolute atomic E-state index is 0. The van der Waals surface area contributed by atoms with Crippen molar-refractivity contribution in [2.24, 2.45) is 10.9 Å². The topological polar surface area (TPSA) is 55.8 Å². The van der Waals surface area contributed by atoms with Crippen LogP contribution in [0.4, 0.5) is 0 Å². The average Bonchev–Trinajstić information content (AvgIpc) is 2.90. The molecule has 0 aromatic carbocycles. The molecular formula is C18H35IN6S. The Kier molecular flexibility index (Phi) is 10.3. The van der Waals surface area contributed by atoms with Crippen LogP contribution in [0, 0.1) is 19.8 Å². The van der Waals surface area contributed by atoms with Crippen molar-refractivity contribution in [2.75, 3.05) is 46.8 Å². The van der Waals surface area contributed by atoms with Gasteiger partial charge in [0.25, 0.3) is 0 Å². The van der Waals surface area contributed by atoms with Gasteiger partial charge < -0.3 is 15.5 Å². The minimum Gasteiger partial charge on any atom is -0.355 e. The number of aliphatic imine (C=N–C) groups is 1. The Morgan fingerprint density at radius 2 is 1.85 bits per heavy atom. The lowest BCUT2D eigenvalue weighted by molar-refractivity contribution is 0.0900. The Labute approximate surface area is 179 Å². The van der Waals surface area contributed by atoms with E-state index in [4.69, 9.17) is 0 Å². The number of likely N-dealkylation sites (N-methyl/N-ethyl adjacent to an activating group) is 1. The number of nitrogens with one attached hydrogen (secondary N) is 2. The third-order valence-corrected chi connectivity index (χ3v) is 6.03. The first-order valence-corrected chi connectivity index (χ1v) is 10.0. The molecule has 26 heavy (non-hydrogen) atoms. The fraction of sp³-hybridized carbons (Fsp3) is 0.778. The molecule has 1 aliphatic heterocycles. The van der Waals surface area contributed by atoms with Crippen molar-refractivity contribution in [3.8, 4) is 0 Å². The van der Waals surface area contributed by atoms with Gasteiger partial charge in [0, 0.05) is 50.7 Å². The molecule has 1 aromatic rings. The molecule has 1 unspecified atom stereocenters. The van der Waals surface area contributed by atoms with Crippen LogP contribution in [0.2, 0.25) is 0 Å². The number of nitrogens with zero attached hydrogens (tertiary/aromatic N) is 4. The predicted molar refractivity (Wildman–Crippen MR) is 123 cm³/mol. The summed E-state index contributed by atoms with van der Waals surface area (Å²) in [7, 11) is 4.03. The number of thiazole rings is 1. The third-order valence-electron chi connectivity index (χ3n) is 4.96. The highest BCUT2D eigenvalue weighted by Gasteiger charge is 2.25. The van der Waals surface area contributed by atoms with Crippen molar-refractivity contribution in [3.05, 3.63) is 15.6 Å². The van der Waals surface area contributed by atoms with Crippen molar-refractivity contribution in [3.63, 3.8) is 0 Å². The highest BCUT2D eigenvalue weighted by Crippen LogP contribution is 2.16. The van der Waals surface area contributed by atoms with Crippen molar-refractivity contribution >= 4 is 41.3 Å². The summed E-state index contributed by atoms with van der Waals surface area (Å²) in [6, 6.07) is 0.525. The van der Waals surface area contributed by atoms with Gasteiger partial charge >= 0.3 is 0 Å². The van der Waals surface area contributed by atoms with Gasteiger partial charge in [-0.3, -0.25) is 9.89 Å². The molecule has 1 aromatic heterocycles. The normalized spacial score (nSPS) is 17.9. The predicted octanol–water partition coefficient (Wildman–Crippen LogP) is 2.31. The maximum Gasteiger partial charge on any atom is 0.191 e. The van der Waals surface area contributed by atoms with E-state index in [0.717, 1.165) is 55.9 Å². The zero-order chi connectivity index (χ0) is 18.4. The summed E-state index contributed by atoms with van der Waals surface area (Å²) >= 11 is 1.75. The number of rotatable bonds is 6. The quantitative estimate of drug-likeness (QED) is 0.361. The molecule has 0 saturated carbocycles. The summed E-state index contributed by atoms with van der Waals surface area (Å²) in [5, 5.41) is 8.01. The molecule has 8 heteroatoms. The monoisotopic (exact) mass is 494 g/mol. The number of halogens is 1. The van der Waals surface area contributed by atoms with E-state index < -0.39 is 0 Å². The van der Waals surface area contributed by atoms with E-state index in [0.29, 0.717) is 12.0 Å². The Morgan fingerprint density at radius 1 is 1.19 bits per heavy atom. The molecule has 2 heterocycles. The van der Waals surface area contributed by atoms with E-state index in [9.17, 15) is 0 Å². The van der Waals surface area contributed by atoms with E-state index >= 15 is 0 Å². The Morgan fingerprint density at radius 3 is 2.35 bits per heavy atom. The maximum atomic E-state index is 4.58. The van der Waals surface area contributed by atoms with Gasteiger partial charge in [-0.1, -0.05) is 13.8 Å². The Balaban J connectivity index is 0.00000338. The smallest absolute Gasteiger partial charge is 0.191 e. The average molecular weight is 494 g/mol. The second kappa shape index (κ2) is 11.4. The fourth-order valence-electron chi connectivity index (χ4n) is 3.14. The van der Waals surface area contributed by atoms with Crippen LogP contribution < -0.4 is 10.6 Å². The summed E-state index contributed by atoms with van der Waals surface area (Å²) in [6.45, 7) is 15.0. The molecular weight excluding hydrogens is 459 g/mol. The summed E-state index contributed by atoms with van der Waals surface area (Å²) in [5.41, 5.74) is 1.12. The molecule has 2 rings (SSSR count). The zero-order valence-corrected chi connectivity index (χ0v) is 20.1. The van der Waals surface area contributed by atoms with E-state index in [1.807, 2.05) is 7.05 Å². The zero-order valence-electron chi connectivity index (χ0n) is 17.0. The lowest BCUT2D eigenvalue weighted by atomic mass is 10.0. The number of hydrogen-bond acceptors (Lipinski definition) is 5. The number of hydrogen-bond donors (Lipinski definition) is 2. The van der Waals surface area contributed by atoms with Gasteiger partial charge in [0.1, 0.15) is 5.01 Å². The highest BCUT2D eigenvalue weighted by atomic mass is 127. The van der Waals surface area contributed by atoms with E-state index in [1.165, 1.54) is 4.88 Å². The number of piperazine rings is 1. The van der Waals surface area contributed by atoms with Crippen LogP contribution in [0.15, 0.2) is 4.99 Å². The molecule has 0 amide bonds. The van der Waals surface area contributed by atoms with Crippen LogP contribution in [0.5, 0.6) is 0 Å². The van der Waals surface area contributed by atoms with Crippen LogP contribution >= 0.6 is 35.3 Å². The molecule has 0 bridgehead atoms. The van der Waals surface area contributed by atoms with Crippen molar-refractivity contribution in [1.82, 2.24) is 25.4 Å². The first-order valence-electron chi connectivity index (χ1n) is 9.20. The van der Waals surface area contributed by atoms with Crippen molar-refractivity contribution in [1.29, 1.82) is 0 Å². The fourth-order valence-corrected chi connectivity index (χ4v) is 4.01. The molecule has 0 aliphatic carbocycles. The molecule has 0 spiro atoms. The van der Waals surface area contributed by atoms with Gasteiger partial charge in [0.2, 0.25) is 0 Å². The summed E-state index contributed by atoms with van der Waals surface area (Å²) in [6.07, 6.45) is 0. The molecule has 1 fully saturated rings. The van der Waals surface area contributed by atoms with Gasteiger partial charge in [-0.25, -0.2) is 4.98 Å². The van der Waals surface area contributed by atoms with Crippen molar-refractivity contribution in [2.45, 2.75) is 40.3 Å². The van der Waals surface area contributed by atoms with Crippen LogP contribution in [-0.2, 0) is 6.54 Å². The number of aryl methyl sites for hydroxylation is 2. The highest BCUT2D eigenvalue weighted by molar-refractivity contribution is 14.0. The molecule has 2 N–H and O–H groups in total. The van der Waals surface area contributed by atoms with Gasteiger partial charge in [0.05, 0.1) is 12.2 Å². The Hall–Kier alpha value is -0.450.